The quantitative estimate of drug-likeness (QED) is 0.842. The van der Waals surface area contributed by atoms with E-state index in [1.807, 2.05) is 6.07 Å². The van der Waals surface area contributed by atoms with E-state index in [0.29, 0.717) is 11.3 Å². The van der Waals surface area contributed by atoms with E-state index in [4.69, 9.17) is 15.7 Å². The molecule has 2 rings (SSSR count). The van der Waals surface area contributed by atoms with Crippen LogP contribution in [0, 0.1) is 17.1 Å². The molecule has 2 aromatic carbocycles. The first-order chi connectivity index (χ1) is 8.69. The minimum atomic E-state index is -0.397. The van der Waals surface area contributed by atoms with Gasteiger partial charge in [0.15, 0.2) is 0 Å². The lowest BCUT2D eigenvalue weighted by Gasteiger charge is -2.08. The molecule has 0 heterocycles. The minimum absolute atomic E-state index is 0.256. The third-order valence-corrected chi connectivity index (χ3v) is 2.42. The zero-order valence-electron chi connectivity index (χ0n) is 9.56. The fourth-order valence-electron chi connectivity index (χ4n) is 1.54. The molecule has 0 aliphatic carbocycles. The molecule has 0 atom stereocenters. The first kappa shape index (κ1) is 11.9. The summed E-state index contributed by atoms with van der Waals surface area (Å²) >= 11 is 0. The molecule has 0 bridgehead atoms. The summed E-state index contributed by atoms with van der Waals surface area (Å²) in [5.41, 5.74) is 7.31. The van der Waals surface area contributed by atoms with Gasteiger partial charge in [0, 0.05) is 6.07 Å². The van der Waals surface area contributed by atoms with Gasteiger partial charge in [-0.3, -0.25) is 0 Å². The maximum absolute atomic E-state index is 12.8. The third kappa shape index (κ3) is 2.77. The van der Waals surface area contributed by atoms with Crippen LogP contribution >= 0.6 is 0 Å². The summed E-state index contributed by atoms with van der Waals surface area (Å²) < 4.78 is 18.3. The van der Waals surface area contributed by atoms with Crippen molar-refractivity contribution in [3.05, 3.63) is 59.4 Å². The first-order valence-electron chi connectivity index (χ1n) is 5.36. The Balaban J connectivity index is 2.09. The summed E-state index contributed by atoms with van der Waals surface area (Å²) in [6, 6.07) is 13.1. The summed E-state index contributed by atoms with van der Waals surface area (Å²) in [6.07, 6.45) is 0. The van der Waals surface area contributed by atoms with E-state index in [9.17, 15) is 4.39 Å². The standard InChI is InChI=1S/C14H11FN2O/c15-12-4-5-14(13(17)7-12)18-9-11-3-1-2-10(6-11)8-16/h1-7H,9,17H2. The number of halogens is 1. The van der Waals surface area contributed by atoms with Crippen molar-refractivity contribution in [1.29, 1.82) is 5.26 Å². The highest BCUT2D eigenvalue weighted by atomic mass is 19.1. The minimum Gasteiger partial charge on any atom is -0.487 e. The maximum Gasteiger partial charge on any atom is 0.142 e. The average molecular weight is 242 g/mol. The fraction of sp³-hybridized carbons (Fsp3) is 0.0714. The highest BCUT2D eigenvalue weighted by molar-refractivity contribution is 5.52. The van der Waals surface area contributed by atoms with E-state index in [1.54, 1.807) is 18.2 Å². The number of nitrogens with two attached hydrogens (primary N) is 1. The Morgan fingerprint density at radius 3 is 2.78 bits per heavy atom. The van der Waals surface area contributed by atoms with E-state index in [0.717, 1.165) is 5.56 Å². The Kier molecular flexibility index (Phi) is 3.44. The van der Waals surface area contributed by atoms with E-state index < -0.39 is 5.82 Å². The van der Waals surface area contributed by atoms with Crippen molar-refractivity contribution < 1.29 is 9.13 Å². The monoisotopic (exact) mass is 242 g/mol. The van der Waals surface area contributed by atoms with Gasteiger partial charge < -0.3 is 10.5 Å². The number of ether oxygens (including phenoxy) is 1. The van der Waals surface area contributed by atoms with Gasteiger partial charge in [-0.2, -0.15) is 5.26 Å². The van der Waals surface area contributed by atoms with Crippen LogP contribution in [0.25, 0.3) is 0 Å². The fourth-order valence-corrected chi connectivity index (χ4v) is 1.54. The van der Waals surface area contributed by atoms with Crippen LogP contribution in [0.2, 0.25) is 0 Å². The summed E-state index contributed by atoms with van der Waals surface area (Å²) in [5, 5.41) is 8.77. The molecular formula is C14H11FN2O. The summed E-state index contributed by atoms with van der Waals surface area (Å²) in [5.74, 6) is 0.0325. The Labute approximate surface area is 104 Å². The van der Waals surface area contributed by atoms with Crippen LogP contribution in [-0.2, 0) is 6.61 Å². The zero-order chi connectivity index (χ0) is 13.0. The molecule has 0 radical (unpaired) electrons. The van der Waals surface area contributed by atoms with Gasteiger partial charge in [0.1, 0.15) is 18.2 Å². The Morgan fingerprint density at radius 2 is 2.06 bits per heavy atom. The van der Waals surface area contributed by atoms with E-state index in [2.05, 4.69) is 6.07 Å². The lowest BCUT2D eigenvalue weighted by molar-refractivity contribution is 0.307. The summed E-state index contributed by atoms with van der Waals surface area (Å²) in [7, 11) is 0. The lowest BCUT2D eigenvalue weighted by Crippen LogP contribution is -1.99. The molecule has 4 heteroatoms. The summed E-state index contributed by atoms with van der Waals surface area (Å²) in [4.78, 5) is 0. The maximum atomic E-state index is 12.8. The smallest absolute Gasteiger partial charge is 0.142 e. The van der Waals surface area contributed by atoms with E-state index >= 15 is 0 Å². The van der Waals surface area contributed by atoms with Crippen LogP contribution in [0.1, 0.15) is 11.1 Å². The Bertz CT molecular complexity index is 605. The molecular weight excluding hydrogens is 231 g/mol. The number of anilines is 1. The van der Waals surface area contributed by atoms with Crippen molar-refractivity contribution >= 4 is 5.69 Å². The number of hydrogen-bond donors (Lipinski definition) is 1. The second-order valence-electron chi connectivity index (χ2n) is 3.78. The highest BCUT2D eigenvalue weighted by Gasteiger charge is 2.03. The first-order valence-corrected chi connectivity index (χ1v) is 5.36. The van der Waals surface area contributed by atoms with Gasteiger partial charge in [-0.15, -0.1) is 0 Å². The molecule has 0 aliphatic heterocycles. The lowest BCUT2D eigenvalue weighted by atomic mass is 10.1. The number of nitrogen functional groups attached to an aromatic ring is 1. The van der Waals surface area contributed by atoms with Gasteiger partial charge in [0.05, 0.1) is 17.3 Å². The molecule has 3 nitrogen and oxygen atoms in total. The van der Waals surface area contributed by atoms with Crippen LogP contribution in [-0.4, -0.2) is 0 Å². The third-order valence-electron chi connectivity index (χ3n) is 2.42. The number of nitrogens with zero attached hydrogens (tertiary/aromatic N) is 1. The number of benzene rings is 2. The molecule has 18 heavy (non-hydrogen) atoms. The van der Waals surface area contributed by atoms with Crippen molar-refractivity contribution in [3.8, 4) is 11.8 Å². The molecule has 0 saturated carbocycles. The Morgan fingerprint density at radius 1 is 1.22 bits per heavy atom. The topological polar surface area (TPSA) is 59.0 Å². The van der Waals surface area contributed by atoms with Gasteiger partial charge in [0.25, 0.3) is 0 Å². The molecule has 0 saturated heterocycles. The molecule has 0 unspecified atom stereocenters. The molecule has 0 fully saturated rings. The van der Waals surface area contributed by atoms with Crippen LogP contribution < -0.4 is 10.5 Å². The second-order valence-corrected chi connectivity index (χ2v) is 3.78. The predicted octanol–water partition coefficient (Wildman–Crippen LogP) is 2.86. The molecule has 0 aliphatic rings. The molecule has 90 valence electrons. The van der Waals surface area contributed by atoms with Gasteiger partial charge in [-0.1, -0.05) is 12.1 Å². The van der Waals surface area contributed by atoms with Crippen LogP contribution in [0.4, 0.5) is 10.1 Å². The van der Waals surface area contributed by atoms with Crippen LogP contribution in [0.3, 0.4) is 0 Å². The van der Waals surface area contributed by atoms with Gasteiger partial charge in [-0.25, -0.2) is 4.39 Å². The van der Waals surface area contributed by atoms with Crippen molar-refractivity contribution in [3.63, 3.8) is 0 Å². The van der Waals surface area contributed by atoms with Crippen LogP contribution in [0.15, 0.2) is 42.5 Å². The van der Waals surface area contributed by atoms with Crippen molar-refractivity contribution in [2.24, 2.45) is 0 Å². The van der Waals surface area contributed by atoms with Crippen LogP contribution in [0.5, 0.6) is 5.75 Å². The van der Waals surface area contributed by atoms with Crippen molar-refractivity contribution in [2.45, 2.75) is 6.61 Å². The van der Waals surface area contributed by atoms with Gasteiger partial charge in [0.2, 0.25) is 0 Å². The average Bonchev–Trinajstić information content (AvgIpc) is 2.38. The predicted molar refractivity (Wildman–Crippen MR) is 66.3 cm³/mol. The van der Waals surface area contributed by atoms with Crippen molar-refractivity contribution in [2.75, 3.05) is 5.73 Å². The molecule has 2 N–H and O–H groups in total. The second kappa shape index (κ2) is 5.19. The molecule has 0 spiro atoms. The van der Waals surface area contributed by atoms with Gasteiger partial charge in [-0.05, 0) is 29.8 Å². The molecule has 2 aromatic rings. The normalized spacial score (nSPS) is 9.78. The largest absolute Gasteiger partial charge is 0.487 e. The molecule has 0 amide bonds. The SMILES string of the molecule is N#Cc1cccc(COc2ccc(F)cc2N)c1. The summed E-state index contributed by atoms with van der Waals surface area (Å²) in [6.45, 7) is 0.283. The number of hydrogen-bond acceptors (Lipinski definition) is 3. The zero-order valence-corrected chi connectivity index (χ0v) is 9.56. The van der Waals surface area contributed by atoms with E-state index in [-0.39, 0.29) is 12.3 Å². The number of rotatable bonds is 3. The Hall–Kier alpha value is -2.54. The van der Waals surface area contributed by atoms with E-state index in [1.165, 1.54) is 18.2 Å². The number of nitriles is 1. The van der Waals surface area contributed by atoms with Crippen molar-refractivity contribution in [1.82, 2.24) is 0 Å². The molecule has 0 aromatic heterocycles. The van der Waals surface area contributed by atoms with Gasteiger partial charge >= 0.3 is 0 Å². The highest BCUT2D eigenvalue weighted by Crippen LogP contribution is 2.22.